The van der Waals surface area contributed by atoms with Crippen LogP contribution in [0.25, 0.3) is 0 Å². The molecule has 0 rings (SSSR count). The van der Waals surface area contributed by atoms with Gasteiger partial charge in [-0.15, -0.1) is 12.4 Å². The molecule has 0 aromatic carbocycles. The molecule has 0 fully saturated rings. The largest absolute Gasteiger partial charge is 0.344 e. The first kappa shape index (κ1) is 15.7. The van der Waals surface area contributed by atoms with Gasteiger partial charge in [0.2, 0.25) is 0 Å². The molecule has 0 aromatic rings. The quantitative estimate of drug-likeness (QED) is 0.583. The Morgan fingerprint density at radius 3 is 1.50 bits per heavy atom. The summed E-state index contributed by atoms with van der Waals surface area (Å²) >= 11 is 0. The van der Waals surface area contributed by atoms with E-state index in [9.17, 15) is 0 Å². The van der Waals surface area contributed by atoms with Gasteiger partial charge in [-0.25, -0.2) is 0 Å². The zero-order valence-electron chi connectivity index (χ0n) is 5.90. The van der Waals surface area contributed by atoms with Crippen molar-refractivity contribution in [3.63, 3.8) is 0 Å². The van der Waals surface area contributed by atoms with Crippen LogP contribution < -0.4 is 11.9 Å². The first-order valence-corrected chi connectivity index (χ1v) is 2.35. The Labute approximate surface area is 57.8 Å². The van der Waals surface area contributed by atoms with E-state index in [1.165, 1.54) is 0 Å². The minimum Gasteiger partial charge on any atom is -0.344 e. The highest BCUT2D eigenvalue weighted by Gasteiger charge is 2.03. The Kier molecular flexibility index (Phi) is 10.5. The van der Waals surface area contributed by atoms with E-state index in [1.807, 2.05) is 13.8 Å². The first-order valence-electron chi connectivity index (χ1n) is 2.35. The fourth-order valence-electron chi connectivity index (χ4n) is 0. The van der Waals surface area contributed by atoms with Gasteiger partial charge in [-0.2, -0.15) is 0 Å². The van der Waals surface area contributed by atoms with Gasteiger partial charge < -0.3 is 11.9 Å². The second kappa shape index (κ2) is 5.35. The molecule has 0 saturated heterocycles. The molecule has 0 spiro atoms. The lowest BCUT2D eigenvalue weighted by Gasteiger charge is -2.13. The second-order valence-electron chi connectivity index (χ2n) is 2.34. The van der Waals surface area contributed by atoms with Crippen molar-refractivity contribution in [3.05, 3.63) is 0 Å². The van der Waals surface area contributed by atoms with Crippen molar-refractivity contribution in [1.82, 2.24) is 6.15 Å². The highest BCUT2D eigenvalue weighted by Crippen LogP contribution is 1.99. The van der Waals surface area contributed by atoms with Gasteiger partial charge in [0, 0.05) is 5.54 Å². The molecule has 0 heterocycles. The molecular weight excluding hydrogens is 124 g/mol. The summed E-state index contributed by atoms with van der Waals surface area (Å²) < 4.78 is 0. The number of rotatable bonds is 1. The van der Waals surface area contributed by atoms with Crippen molar-refractivity contribution in [1.29, 1.82) is 0 Å². The van der Waals surface area contributed by atoms with E-state index in [0.29, 0.717) is 0 Å². The topological polar surface area (TPSA) is 61.0 Å². The Balaban J connectivity index is -0.000000125. The molecule has 0 aliphatic rings. The molecule has 0 saturated carbocycles. The van der Waals surface area contributed by atoms with E-state index in [1.54, 1.807) is 0 Å². The van der Waals surface area contributed by atoms with E-state index in [2.05, 4.69) is 6.92 Å². The molecule has 0 aromatic heterocycles. The Morgan fingerprint density at radius 1 is 1.38 bits per heavy atom. The van der Waals surface area contributed by atoms with E-state index >= 15 is 0 Å². The van der Waals surface area contributed by atoms with Crippen LogP contribution in [0, 0.1) is 0 Å². The molecule has 0 aliphatic carbocycles. The van der Waals surface area contributed by atoms with E-state index in [4.69, 9.17) is 5.73 Å². The van der Waals surface area contributed by atoms with Gasteiger partial charge in [0.15, 0.2) is 0 Å². The lowest BCUT2D eigenvalue weighted by molar-refractivity contribution is 0.501. The molecular formula is C5H17ClN2. The summed E-state index contributed by atoms with van der Waals surface area (Å²) in [5.74, 6) is 0. The molecule has 0 amide bonds. The van der Waals surface area contributed by atoms with Crippen molar-refractivity contribution < 1.29 is 0 Å². The zero-order chi connectivity index (χ0) is 5.21. The highest BCUT2D eigenvalue weighted by molar-refractivity contribution is 5.85. The molecule has 3 heteroatoms. The summed E-state index contributed by atoms with van der Waals surface area (Å²) in [4.78, 5) is 0. The van der Waals surface area contributed by atoms with Crippen LogP contribution >= 0.6 is 12.4 Å². The fraction of sp³-hybridized carbons (Fsp3) is 1.00. The predicted octanol–water partition coefficient (Wildman–Crippen LogP) is 1.72. The van der Waals surface area contributed by atoms with Gasteiger partial charge in [-0.3, -0.25) is 0 Å². The highest BCUT2D eigenvalue weighted by atomic mass is 35.5. The Morgan fingerprint density at radius 2 is 1.50 bits per heavy atom. The maximum Gasteiger partial charge on any atom is 0.00944 e. The maximum absolute atomic E-state index is 5.53. The van der Waals surface area contributed by atoms with Crippen molar-refractivity contribution in [2.75, 3.05) is 0 Å². The van der Waals surface area contributed by atoms with Crippen molar-refractivity contribution >= 4 is 12.4 Å². The summed E-state index contributed by atoms with van der Waals surface area (Å²) in [7, 11) is 0. The standard InChI is InChI=1S/C5H13N.ClH.H3N/c1-4-5(2,3)6;;/h4,6H2,1-3H3;1H;1H3. The van der Waals surface area contributed by atoms with Crippen LogP contribution in [0.2, 0.25) is 0 Å². The summed E-state index contributed by atoms with van der Waals surface area (Å²) in [6.07, 6.45) is 1.05. The van der Waals surface area contributed by atoms with Gasteiger partial charge >= 0.3 is 0 Å². The molecule has 0 atom stereocenters. The maximum atomic E-state index is 5.53. The third kappa shape index (κ3) is 16.4. The molecule has 54 valence electrons. The fourth-order valence-corrected chi connectivity index (χ4v) is 0. The van der Waals surface area contributed by atoms with E-state index < -0.39 is 0 Å². The Hall–Kier alpha value is 0.210. The van der Waals surface area contributed by atoms with Crippen LogP contribution in [0.1, 0.15) is 27.2 Å². The molecule has 0 unspecified atom stereocenters. The normalized spacial score (nSPS) is 9.00. The molecule has 5 N–H and O–H groups in total. The van der Waals surface area contributed by atoms with Gasteiger partial charge in [0.25, 0.3) is 0 Å². The minimum atomic E-state index is 0. The third-order valence-corrected chi connectivity index (χ3v) is 0.911. The third-order valence-electron chi connectivity index (χ3n) is 0.911. The zero-order valence-corrected chi connectivity index (χ0v) is 6.72. The van der Waals surface area contributed by atoms with Crippen LogP contribution in [0.5, 0.6) is 0 Å². The average Bonchev–Trinajstić information content (AvgIpc) is 1.35. The summed E-state index contributed by atoms with van der Waals surface area (Å²) in [6, 6.07) is 0. The Bertz CT molecular complexity index is 40.2. The van der Waals surface area contributed by atoms with E-state index in [-0.39, 0.29) is 24.1 Å². The van der Waals surface area contributed by atoms with Gasteiger partial charge in [0.1, 0.15) is 0 Å². The van der Waals surface area contributed by atoms with Crippen LogP contribution in [-0.4, -0.2) is 5.54 Å². The summed E-state index contributed by atoms with van der Waals surface area (Å²) in [5.41, 5.74) is 5.58. The lowest BCUT2D eigenvalue weighted by atomic mass is 10.1. The SMILES string of the molecule is CCC(C)(C)N.Cl.N. The van der Waals surface area contributed by atoms with Gasteiger partial charge in [0.05, 0.1) is 0 Å². The van der Waals surface area contributed by atoms with Crippen molar-refractivity contribution in [2.24, 2.45) is 5.73 Å². The molecule has 0 radical (unpaired) electrons. The van der Waals surface area contributed by atoms with E-state index in [0.717, 1.165) is 6.42 Å². The summed E-state index contributed by atoms with van der Waals surface area (Å²) in [6.45, 7) is 6.12. The van der Waals surface area contributed by atoms with Gasteiger partial charge in [-0.05, 0) is 20.3 Å². The first-order chi connectivity index (χ1) is 2.56. The number of hydrogen-bond acceptors (Lipinski definition) is 2. The van der Waals surface area contributed by atoms with Crippen LogP contribution in [0.15, 0.2) is 0 Å². The molecule has 8 heavy (non-hydrogen) atoms. The van der Waals surface area contributed by atoms with Crippen molar-refractivity contribution in [2.45, 2.75) is 32.7 Å². The minimum absolute atomic E-state index is 0. The molecule has 0 aliphatic heterocycles. The number of nitrogens with two attached hydrogens (primary N) is 1. The smallest absolute Gasteiger partial charge is 0.00944 e. The monoisotopic (exact) mass is 140 g/mol. The predicted molar refractivity (Wildman–Crippen MR) is 40.8 cm³/mol. The van der Waals surface area contributed by atoms with Gasteiger partial charge in [-0.1, -0.05) is 6.92 Å². The number of hydrogen-bond donors (Lipinski definition) is 2. The molecule has 2 nitrogen and oxygen atoms in total. The van der Waals surface area contributed by atoms with Crippen LogP contribution in [-0.2, 0) is 0 Å². The second-order valence-corrected chi connectivity index (χ2v) is 2.34. The summed E-state index contributed by atoms with van der Waals surface area (Å²) in [5, 5.41) is 0. The van der Waals surface area contributed by atoms with Crippen molar-refractivity contribution in [3.8, 4) is 0 Å². The molecule has 0 bridgehead atoms. The van der Waals surface area contributed by atoms with Crippen LogP contribution in [0.3, 0.4) is 0 Å². The van der Waals surface area contributed by atoms with Crippen LogP contribution in [0.4, 0.5) is 0 Å². The number of halogens is 1. The average molecular weight is 141 g/mol. The lowest BCUT2D eigenvalue weighted by Crippen LogP contribution is -2.30.